The molecule has 1 aliphatic heterocycles. The predicted molar refractivity (Wildman–Crippen MR) is 108 cm³/mol. The molecule has 4 aliphatic rings. The number of benzene rings is 1. The Labute approximate surface area is 178 Å². The number of pyridine rings is 1. The third kappa shape index (κ3) is 2.91. The molecule has 2 aromatic rings. The number of hydrogen-bond acceptors (Lipinski definition) is 4. The van der Waals surface area contributed by atoms with Crippen LogP contribution in [0.5, 0.6) is 0 Å². The zero-order valence-corrected chi connectivity index (χ0v) is 17.2. The zero-order valence-electron chi connectivity index (χ0n) is 16.4. The number of carbonyl (C=O) groups is 2. The molecule has 156 valence electrons. The van der Waals surface area contributed by atoms with Crippen LogP contribution in [0.2, 0.25) is 5.02 Å². The van der Waals surface area contributed by atoms with Crippen LogP contribution in [-0.4, -0.2) is 45.0 Å². The predicted octanol–water partition coefficient (Wildman–Crippen LogP) is 2.84. The second-order valence-electron chi connectivity index (χ2n) is 8.91. The number of aryl methyl sites for hydroxylation is 1. The number of rotatable bonds is 4. The molecular weight excluding hydrogens is 409 g/mol. The summed E-state index contributed by atoms with van der Waals surface area (Å²) in [5.41, 5.74) is 0.827. The summed E-state index contributed by atoms with van der Waals surface area (Å²) in [5.74, 6) is -1.57. The molecule has 2 bridgehead atoms. The van der Waals surface area contributed by atoms with Crippen molar-refractivity contribution < 1.29 is 19.1 Å². The summed E-state index contributed by atoms with van der Waals surface area (Å²) in [5, 5.41) is 10.4. The monoisotopic (exact) mass is 429 g/mol. The molecule has 1 atom stereocenters. The first-order valence-corrected chi connectivity index (χ1v) is 10.3. The SMILES string of the molecule is Cc1ccc(CN2C(=O)CN(c3ncc(Cl)cc3F)C(=O)C2C23CC(O)(C2)C3)cc1. The van der Waals surface area contributed by atoms with E-state index in [0.29, 0.717) is 25.8 Å². The number of piperazine rings is 1. The fraction of sp³-hybridized carbons (Fsp3) is 0.409. The number of aromatic nitrogens is 1. The van der Waals surface area contributed by atoms with E-state index < -0.39 is 22.9 Å². The molecule has 4 fully saturated rings. The van der Waals surface area contributed by atoms with Gasteiger partial charge in [0.2, 0.25) is 5.91 Å². The van der Waals surface area contributed by atoms with Gasteiger partial charge in [-0.3, -0.25) is 14.5 Å². The number of hydrogen-bond donors (Lipinski definition) is 1. The van der Waals surface area contributed by atoms with Gasteiger partial charge in [-0.2, -0.15) is 0 Å². The van der Waals surface area contributed by atoms with Crippen molar-refractivity contribution in [2.75, 3.05) is 11.4 Å². The Kier molecular flexibility index (Phi) is 4.21. The van der Waals surface area contributed by atoms with E-state index >= 15 is 0 Å². The van der Waals surface area contributed by atoms with E-state index in [2.05, 4.69) is 4.98 Å². The van der Waals surface area contributed by atoms with Gasteiger partial charge in [0.15, 0.2) is 11.6 Å². The second kappa shape index (κ2) is 6.49. The number of carbonyl (C=O) groups excluding carboxylic acids is 2. The maximum Gasteiger partial charge on any atom is 0.252 e. The quantitative estimate of drug-likeness (QED) is 0.811. The maximum absolute atomic E-state index is 14.5. The van der Waals surface area contributed by atoms with Crippen molar-refractivity contribution in [1.82, 2.24) is 9.88 Å². The fourth-order valence-electron chi connectivity index (χ4n) is 5.28. The molecule has 30 heavy (non-hydrogen) atoms. The summed E-state index contributed by atoms with van der Waals surface area (Å²) in [7, 11) is 0. The van der Waals surface area contributed by atoms with Crippen LogP contribution >= 0.6 is 11.6 Å². The van der Waals surface area contributed by atoms with E-state index in [-0.39, 0.29) is 29.2 Å². The molecule has 1 unspecified atom stereocenters. The molecule has 6 rings (SSSR count). The summed E-state index contributed by atoms with van der Waals surface area (Å²) in [6.07, 6.45) is 2.67. The molecule has 3 saturated carbocycles. The van der Waals surface area contributed by atoms with Crippen LogP contribution in [0.15, 0.2) is 36.5 Å². The van der Waals surface area contributed by atoms with Crippen LogP contribution in [0.25, 0.3) is 0 Å². The molecule has 1 aromatic carbocycles. The molecule has 0 spiro atoms. The smallest absolute Gasteiger partial charge is 0.252 e. The van der Waals surface area contributed by atoms with Crippen LogP contribution in [0.3, 0.4) is 0 Å². The number of anilines is 1. The standard InChI is InChI=1S/C22H21ClFN3O3/c1-13-2-4-14(5-3-13)8-26-17(28)9-27(19-16(24)6-15(23)7-25-19)20(29)18(26)21-10-22(30,11-21)12-21/h2-7,18,30H,8-12H2,1H3. The van der Waals surface area contributed by atoms with Crippen LogP contribution in [0, 0.1) is 18.2 Å². The van der Waals surface area contributed by atoms with Crippen LogP contribution < -0.4 is 4.90 Å². The topological polar surface area (TPSA) is 73.7 Å². The zero-order chi connectivity index (χ0) is 21.3. The van der Waals surface area contributed by atoms with Gasteiger partial charge in [0, 0.05) is 18.2 Å². The minimum Gasteiger partial charge on any atom is -0.390 e. The molecule has 1 N–H and O–H groups in total. The minimum absolute atomic E-state index is 0.117. The van der Waals surface area contributed by atoms with Gasteiger partial charge in [0.25, 0.3) is 5.91 Å². The van der Waals surface area contributed by atoms with Crippen molar-refractivity contribution >= 4 is 29.2 Å². The van der Waals surface area contributed by atoms with E-state index in [0.717, 1.165) is 22.1 Å². The summed E-state index contributed by atoms with van der Waals surface area (Å²) in [6, 6.07) is 8.12. The van der Waals surface area contributed by atoms with E-state index in [4.69, 9.17) is 11.6 Å². The van der Waals surface area contributed by atoms with Gasteiger partial charge in [-0.15, -0.1) is 0 Å². The normalized spacial score (nSPS) is 30.2. The number of halogens is 2. The second-order valence-corrected chi connectivity index (χ2v) is 9.35. The molecule has 2 amide bonds. The molecule has 8 heteroatoms. The molecule has 0 radical (unpaired) electrons. The Hall–Kier alpha value is -2.51. The van der Waals surface area contributed by atoms with Crippen molar-refractivity contribution in [2.24, 2.45) is 5.41 Å². The van der Waals surface area contributed by atoms with Gasteiger partial charge in [-0.1, -0.05) is 41.4 Å². The van der Waals surface area contributed by atoms with Gasteiger partial charge < -0.3 is 10.0 Å². The van der Waals surface area contributed by atoms with Gasteiger partial charge in [-0.25, -0.2) is 9.37 Å². The van der Waals surface area contributed by atoms with Crippen molar-refractivity contribution in [2.45, 2.75) is 44.4 Å². The molecule has 3 aliphatic carbocycles. The largest absolute Gasteiger partial charge is 0.390 e. The number of amides is 2. The lowest BCUT2D eigenvalue weighted by Crippen LogP contribution is -2.78. The summed E-state index contributed by atoms with van der Waals surface area (Å²) >= 11 is 5.79. The summed E-state index contributed by atoms with van der Waals surface area (Å²) in [6.45, 7) is 1.99. The third-order valence-corrected chi connectivity index (χ3v) is 6.77. The minimum atomic E-state index is -0.758. The Bertz CT molecular complexity index is 1040. The average Bonchev–Trinajstić information content (AvgIpc) is 2.64. The highest BCUT2D eigenvalue weighted by Crippen LogP contribution is 2.70. The van der Waals surface area contributed by atoms with Crippen LogP contribution in [-0.2, 0) is 16.1 Å². The highest BCUT2D eigenvalue weighted by Gasteiger charge is 2.73. The molecular formula is C22H21ClFN3O3. The number of aliphatic hydroxyl groups is 1. The first-order chi connectivity index (χ1) is 14.2. The summed E-state index contributed by atoms with van der Waals surface area (Å²) < 4.78 is 14.5. The highest BCUT2D eigenvalue weighted by molar-refractivity contribution is 6.30. The Balaban J connectivity index is 1.50. The number of nitrogens with zero attached hydrogens (tertiary/aromatic N) is 3. The van der Waals surface area contributed by atoms with E-state index in [1.807, 2.05) is 31.2 Å². The van der Waals surface area contributed by atoms with Crippen molar-refractivity contribution in [3.05, 3.63) is 58.5 Å². The van der Waals surface area contributed by atoms with Crippen LogP contribution in [0.4, 0.5) is 10.2 Å². The van der Waals surface area contributed by atoms with Gasteiger partial charge in [-0.05, 0) is 37.8 Å². The third-order valence-electron chi connectivity index (χ3n) is 6.57. The van der Waals surface area contributed by atoms with Gasteiger partial charge in [0.1, 0.15) is 12.6 Å². The van der Waals surface area contributed by atoms with E-state index in [1.54, 1.807) is 4.90 Å². The van der Waals surface area contributed by atoms with Gasteiger partial charge >= 0.3 is 0 Å². The van der Waals surface area contributed by atoms with E-state index in [1.165, 1.54) is 6.20 Å². The van der Waals surface area contributed by atoms with E-state index in [9.17, 15) is 19.1 Å². The lowest BCUT2D eigenvalue weighted by atomic mass is 9.38. The average molecular weight is 430 g/mol. The molecule has 1 saturated heterocycles. The lowest BCUT2D eigenvalue weighted by molar-refractivity contribution is -0.280. The molecule has 2 heterocycles. The lowest BCUT2D eigenvalue weighted by Gasteiger charge is -2.71. The fourth-order valence-corrected chi connectivity index (χ4v) is 5.42. The Morgan fingerprint density at radius 3 is 2.50 bits per heavy atom. The molecule has 1 aromatic heterocycles. The first kappa shape index (κ1) is 19.5. The highest BCUT2D eigenvalue weighted by atomic mass is 35.5. The summed E-state index contributed by atoms with van der Waals surface area (Å²) in [4.78, 5) is 33.4. The van der Waals surface area contributed by atoms with Crippen molar-refractivity contribution in [3.8, 4) is 0 Å². The Morgan fingerprint density at radius 2 is 1.90 bits per heavy atom. The van der Waals surface area contributed by atoms with Gasteiger partial charge in [0.05, 0.1) is 10.6 Å². The van der Waals surface area contributed by atoms with Crippen molar-refractivity contribution in [1.29, 1.82) is 0 Å². The molecule has 6 nitrogen and oxygen atoms in total. The maximum atomic E-state index is 14.5. The Morgan fingerprint density at radius 1 is 1.23 bits per heavy atom. The van der Waals surface area contributed by atoms with Crippen LogP contribution in [0.1, 0.15) is 30.4 Å². The van der Waals surface area contributed by atoms with Crippen molar-refractivity contribution in [3.63, 3.8) is 0 Å². The first-order valence-electron chi connectivity index (χ1n) is 9.90.